The van der Waals surface area contributed by atoms with Gasteiger partial charge in [0.25, 0.3) is 0 Å². The van der Waals surface area contributed by atoms with Crippen LogP contribution in [0.25, 0.3) is 109 Å². The van der Waals surface area contributed by atoms with Gasteiger partial charge in [-0.25, -0.2) is 0 Å². The Morgan fingerprint density at radius 1 is 0.281 bits per heavy atom. The van der Waals surface area contributed by atoms with Gasteiger partial charge in [0, 0.05) is 48.4 Å². The van der Waals surface area contributed by atoms with Gasteiger partial charge in [-0.2, -0.15) is 0 Å². The second-order valence-electron chi connectivity index (χ2n) is 16.4. The summed E-state index contributed by atoms with van der Waals surface area (Å²) in [4.78, 5) is 2.44. The van der Waals surface area contributed by atoms with Crippen LogP contribution in [0.5, 0.6) is 0 Å². The molecule has 0 aliphatic rings. The minimum atomic E-state index is 0.898. The van der Waals surface area contributed by atoms with Crippen LogP contribution in [0.1, 0.15) is 0 Å². The number of benzene rings is 10. The summed E-state index contributed by atoms with van der Waals surface area (Å²) in [6.45, 7) is 0. The molecule has 0 amide bonds. The van der Waals surface area contributed by atoms with Crippen molar-refractivity contribution in [3.05, 3.63) is 224 Å². The van der Waals surface area contributed by atoms with Gasteiger partial charge in [-0.05, 0) is 117 Å². The van der Waals surface area contributed by atoms with Gasteiger partial charge in [-0.15, -0.1) is 11.3 Å². The zero-order chi connectivity index (χ0) is 42.1. The van der Waals surface area contributed by atoms with Gasteiger partial charge in [0.15, 0.2) is 0 Å². The molecular formula is C60H37NO2S. The number of fused-ring (bicyclic) bond motifs is 9. The first-order valence-corrected chi connectivity index (χ1v) is 22.5. The van der Waals surface area contributed by atoms with Crippen LogP contribution in [0.2, 0.25) is 0 Å². The Balaban J connectivity index is 1.00. The number of nitrogens with zero attached hydrogens (tertiary/aromatic N) is 1. The van der Waals surface area contributed by atoms with Crippen LogP contribution >= 0.6 is 11.3 Å². The second kappa shape index (κ2) is 14.7. The van der Waals surface area contributed by atoms with Crippen molar-refractivity contribution in [3.63, 3.8) is 0 Å². The number of furan rings is 2. The summed E-state index contributed by atoms with van der Waals surface area (Å²) >= 11 is 1.88. The topological polar surface area (TPSA) is 29.5 Å². The van der Waals surface area contributed by atoms with Gasteiger partial charge < -0.3 is 13.7 Å². The van der Waals surface area contributed by atoms with Crippen molar-refractivity contribution in [2.75, 3.05) is 4.90 Å². The lowest BCUT2D eigenvalue weighted by Gasteiger charge is -2.27. The molecule has 0 unspecified atom stereocenters. The molecule has 3 nitrogen and oxygen atoms in total. The van der Waals surface area contributed by atoms with Gasteiger partial charge in [-0.1, -0.05) is 152 Å². The molecule has 0 aliphatic heterocycles. The highest BCUT2D eigenvalue weighted by atomic mass is 32.1. The summed E-state index contributed by atoms with van der Waals surface area (Å²) < 4.78 is 14.9. The van der Waals surface area contributed by atoms with E-state index in [9.17, 15) is 0 Å². The van der Waals surface area contributed by atoms with Gasteiger partial charge >= 0.3 is 0 Å². The number of para-hydroxylation sites is 2. The van der Waals surface area contributed by atoms with Crippen molar-refractivity contribution in [3.8, 4) is 44.5 Å². The Morgan fingerprint density at radius 2 is 0.734 bits per heavy atom. The highest BCUT2D eigenvalue weighted by molar-refractivity contribution is 7.27. The summed E-state index contributed by atoms with van der Waals surface area (Å²) in [7, 11) is 0. The van der Waals surface area contributed by atoms with Crippen LogP contribution < -0.4 is 4.90 Å². The van der Waals surface area contributed by atoms with Crippen molar-refractivity contribution < 1.29 is 8.83 Å². The molecule has 0 N–H and O–H groups in total. The van der Waals surface area contributed by atoms with Crippen molar-refractivity contribution in [1.82, 2.24) is 0 Å². The number of hydrogen-bond donors (Lipinski definition) is 0. The van der Waals surface area contributed by atoms with Gasteiger partial charge in [0.05, 0.1) is 10.4 Å². The van der Waals surface area contributed by atoms with Gasteiger partial charge in [0.1, 0.15) is 22.3 Å². The third kappa shape index (κ3) is 6.03. The maximum atomic E-state index is 6.18. The summed E-state index contributed by atoms with van der Waals surface area (Å²) in [5.74, 6) is 0. The van der Waals surface area contributed by atoms with E-state index in [1.54, 1.807) is 0 Å². The van der Waals surface area contributed by atoms with Crippen molar-refractivity contribution in [1.29, 1.82) is 0 Å². The van der Waals surface area contributed by atoms with Crippen LogP contribution in [0.4, 0.5) is 17.1 Å². The minimum Gasteiger partial charge on any atom is -0.456 e. The van der Waals surface area contributed by atoms with E-state index in [1.165, 1.54) is 42.4 Å². The van der Waals surface area contributed by atoms with E-state index in [4.69, 9.17) is 8.83 Å². The Kier molecular flexibility index (Phi) is 8.40. The second-order valence-corrected chi connectivity index (χ2v) is 17.5. The molecule has 3 aromatic heterocycles. The fraction of sp³-hybridized carbons (Fsp3) is 0. The standard InChI is InChI=1S/C60H37NO2S/c1-3-12-38(13-4-1)44-36-53-50-19-11-18-47(41-14-5-2-6-15-41)59(50)64-60(53)54(37-44)61(45-28-22-39(23-29-45)42-26-32-57-51(34-42)48-16-7-9-20-55(48)62-57)46-30-24-40(25-31-46)43-27-33-58-52(35-43)49-17-8-10-21-56(49)63-58/h1-37H. The largest absolute Gasteiger partial charge is 0.456 e. The van der Waals surface area contributed by atoms with Gasteiger partial charge in [-0.3, -0.25) is 0 Å². The molecule has 0 bridgehead atoms. The third-order valence-corrected chi connectivity index (χ3v) is 14.0. The Labute approximate surface area is 373 Å². The Hall–Kier alpha value is -8.18. The van der Waals surface area contributed by atoms with E-state index in [1.807, 2.05) is 35.6 Å². The van der Waals surface area contributed by atoms with E-state index in [0.717, 1.165) is 83.2 Å². The Morgan fingerprint density at radius 3 is 1.31 bits per heavy atom. The van der Waals surface area contributed by atoms with Crippen molar-refractivity contribution >= 4 is 92.4 Å². The molecule has 300 valence electrons. The summed E-state index contributed by atoms with van der Waals surface area (Å²) in [5.41, 5.74) is 16.3. The average molecular weight is 836 g/mol. The van der Waals surface area contributed by atoms with Crippen LogP contribution in [-0.4, -0.2) is 0 Å². The first-order chi connectivity index (χ1) is 31.7. The molecule has 10 aromatic carbocycles. The predicted octanol–water partition coefficient (Wildman–Crippen LogP) is 18.0. The molecule has 0 saturated heterocycles. The molecule has 0 fully saturated rings. The molecule has 0 saturated carbocycles. The van der Waals surface area contributed by atoms with Crippen LogP contribution in [0, 0.1) is 0 Å². The normalized spacial score (nSPS) is 11.8. The maximum absolute atomic E-state index is 6.18. The van der Waals surface area contributed by atoms with Gasteiger partial charge in [0.2, 0.25) is 0 Å². The number of thiophene rings is 1. The maximum Gasteiger partial charge on any atom is 0.135 e. The molecule has 4 heteroatoms. The molecule has 3 heterocycles. The monoisotopic (exact) mass is 835 g/mol. The number of anilines is 3. The van der Waals surface area contributed by atoms with Crippen molar-refractivity contribution in [2.45, 2.75) is 0 Å². The molecule has 0 radical (unpaired) electrons. The molecule has 13 rings (SSSR count). The molecular weight excluding hydrogens is 799 g/mol. The van der Waals surface area contributed by atoms with E-state index < -0.39 is 0 Å². The first-order valence-electron chi connectivity index (χ1n) is 21.6. The fourth-order valence-electron chi connectivity index (χ4n) is 9.53. The van der Waals surface area contributed by atoms with E-state index in [-0.39, 0.29) is 0 Å². The molecule has 0 atom stereocenters. The smallest absolute Gasteiger partial charge is 0.135 e. The van der Waals surface area contributed by atoms with E-state index in [2.05, 4.69) is 205 Å². The minimum absolute atomic E-state index is 0.898. The Bertz CT molecular complexity index is 3720. The lowest BCUT2D eigenvalue weighted by atomic mass is 9.98. The summed E-state index contributed by atoms with van der Waals surface area (Å²) in [6.07, 6.45) is 0. The summed E-state index contributed by atoms with van der Waals surface area (Å²) in [6, 6.07) is 80.7. The van der Waals surface area contributed by atoms with Crippen LogP contribution in [-0.2, 0) is 0 Å². The highest BCUT2D eigenvalue weighted by Crippen LogP contribution is 2.49. The van der Waals surface area contributed by atoms with E-state index in [0.29, 0.717) is 0 Å². The number of rotatable bonds is 7. The zero-order valence-corrected chi connectivity index (χ0v) is 35.4. The zero-order valence-electron chi connectivity index (χ0n) is 34.5. The lowest BCUT2D eigenvalue weighted by molar-refractivity contribution is 0.668. The third-order valence-electron chi connectivity index (χ3n) is 12.7. The van der Waals surface area contributed by atoms with Crippen molar-refractivity contribution in [2.24, 2.45) is 0 Å². The van der Waals surface area contributed by atoms with Crippen LogP contribution in [0.3, 0.4) is 0 Å². The summed E-state index contributed by atoms with van der Waals surface area (Å²) in [5, 5.41) is 7.01. The lowest BCUT2D eigenvalue weighted by Crippen LogP contribution is -2.10. The SMILES string of the molecule is c1ccc(-c2cc(N(c3ccc(-c4ccc5oc6ccccc6c5c4)cc3)c3ccc(-c4ccc5oc6ccccc6c5c4)cc3)c3sc4c(-c5ccccc5)cccc4c3c2)cc1. The number of hydrogen-bond acceptors (Lipinski definition) is 4. The molecule has 0 spiro atoms. The molecule has 13 aromatic rings. The molecule has 64 heavy (non-hydrogen) atoms. The predicted molar refractivity (Wildman–Crippen MR) is 270 cm³/mol. The first kappa shape index (κ1) is 36.5. The quantitative estimate of drug-likeness (QED) is 0.160. The fourth-order valence-corrected chi connectivity index (χ4v) is 10.9. The van der Waals surface area contributed by atoms with Crippen LogP contribution in [0.15, 0.2) is 233 Å². The average Bonchev–Trinajstić information content (AvgIpc) is 4.06. The highest BCUT2D eigenvalue weighted by Gasteiger charge is 2.22. The van der Waals surface area contributed by atoms with E-state index >= 15 is 0 Å². The molecule has 0 aliphatic carbocycles.